The predicted molar refractivity (Wildman–Crippen MR) is 304 cm³/mol. The number of amides is 5. The third-order valence-electron chi connectivity index (χ3n) is 13.7. The summed E-state index contributed by atoms with van der Waals surface area (Å²) in [6.45, 7) is 7.90. The SMILES string of the molecule is CC1C(=O)N(CC(=O)NCCOCCOCCOCCOCCOCCOCCNC(=O)CCc2cc(Cl)c(Oc3ccsc3C(=O)N3CCN(C4CC4)c4ccccc43)cc2Cl)CCCN1C(=O)C[C@H](N)Cc1cc(F)c(F)cc1F. The van der Waals surface area contributed by atoms with E-state index in [-0.39, 0.29) is 75.3 Å². The van der Waals surface area contributed by atoms with Crippen molar-refractivity contribution in [1.29, 1.82) is 0 Å². The monoisotopic (exact) mass is 1210 g/mol. The minimum Gasteiger partial charge on any atom is -0.454 e. The number of thiophene rings is 1. The molecule has 1 unspecified atom stereocenters. The van der Waals surface area contributed by atoms with Gasteiger partial charge in [0.15, 0.2) is 17.4 Å². The molecule has 3 aliphatic rings. The summed E-state index contributed by atoms with van der Waals surface area (Å²) in [7, 11) is 0. The van der Waals surface area contributed by atoms with E-state index < -0.39 is 41.3 Å². The van der Waals surface area contributed by atoms with Gasteiger partial charge in [-0.2, -0.15) is 0 Å². The van der Waals surface area contributed by atoms with Crippen LogP contribution < -0.4 is 30.9 Å². The van der Waals surface area contributed by atoms with Crippen LogP contribution in [0.5, 0.6) is 11.5 Å². The van der Waals surface area contributed by atoms with Crippen LogP contribution in [0.3, 0.4) is 0 Å². The number of rotatable bonds is 34. The number of fused-ring (bicyclic) bond motifs is 1. The van der Waals surface area contributed by atoms with E-state index in [9.17, 15) is 37.1 Å². The van der Waals surface area contributed by atoms with Gasteiger partial charge < -0.3 is 69.1 Å². The van der Waals surface area contributed by atoms with Crippen LogP contribution in [-0.4, -0.2) is 183 Å². The molecule has 1 saturated carbocycles. The summed E-state index contributed by atoms with van der Waals surface area (Å²) in [5.74, 6) is -4.33. The Bertz CT molecular complexity index is 2770. The van der Waals surface area contributed by atoms with Crippen molar-refractivity contribution in [3.8, 4) is 11.5 Å². The molecule has 4 aromatic rings. The highest BCUT2D eigenvalue weighted by molar-refractivity contribution is 7.12. The molecule has 7 rings (SSSR count). The van der Waals surface area contributed by atoms with Gasteiger partial charge in [-0.1, -0.05) is 35.3 Å². The highest BCUT2D eigenvalue weighted by Crippen LogP contribution is 2.43. The van der Waals surface area contributed by atoms with Crippen LogP contribution in [0.1, 0.15) is 59.8 Å². The van der Waals surface area contributed by atoms with Gasteiger partial charge in [0.25, 0.3) is 5.91 Å². The normalized spacial score (nSPS) is 15.8. The second-order valence-corrected chi connectivity index (χ2v) is 21.5. The smallest absolute Gasteiger partial charge is 0.272 e. The molecule has 2 atom stereocenters. The number of hydrogen-bond donors (Lipinski definition) is 3. The lowest BCUT2D eigenvalue weighted by molar-refractivity contribution is -0.144. The van der Waals surface area contributed by atoms with E-state index in [1.165, 1.54) is 34.0 Å². The number of anilines is 2. The van der Waals surface area contributed by atoms with E-state index in [0.717, 1.165) is 17.9 Å². The summed E-state index contributed by atoms with van der Waals surface area (Å²) >= 11 is 14.6. The Kier molecular flexibility index (Phi) is 25.8. The number of ether oxygens (including phenoxy) is 7. The quantitative estimate of drug-likeness (QED) is 0.0334. The number of aryl methyl sites for hydroxylation is 1. The van der Waals surface area contributed by atoms with E-state index in [1.807, 2.05) is 28.5 Å². The van der Waals surface area contributed by atoms with Crippen molar-refractivity contribution in [2.45, 2.75) is 70.0 Å². The first-order valence-corrected chi connectivity index (χ1v) is 29.2. The van der Waals surface area contributed by atoms with Gasteiger partial charge in [0.1, 0.15) is 22.5 Å². The van der Waals surface area contributed by atoms with Crippen molar-refractivity contribution < 1.29 is 70.3 Å². The van der Waals surface area contributed by atoms with E-state index in [0.29, 0.717) is 149 Å². The molecule has 4 N–H and O–H groups in total. The zero-order valence-electron chi connectivity index (χ0n) is 46.0. The van der Waals surface area contributed by atoms with Crippen molar-refractivity contribution >= 4 is 75.4 Å². The van der Waals surface area contributed by atoms with Gasteiger partial charge in [-0.25, -0.2) is 13.2 Å². The molecule has 82 heavy (non-hydrogen) atoms. The molecule has 5 amide bonds. The summed E-state index contributed by atoms with van der Waals surface area (Å²) in [5, 5.41) is 8.08. The molecule has 1 saturated heterocycles. The molecule has 0 bridgehead atoms. The summed E-state index contributed by atoms with van der Waals surface area (Å²) in [4.78, 5) is 72.8. The molecule has 0 spiro atoms. The lowest BCUT2D eigenvalue weighted by Crippen LogP contribution is -2.50. The first-order chi connectivity index (χ1) is 39.7. The summed E-state index contributed by atoms with van der Waals surface area (Å²) < 4.78 is 80.4. The number of nitrogens with zero attached hydrogens (tertiary/aromatic N) is 4. The number of nitrogens with one attached hydrogen (secondary N) is 2. The highest BCUT2D eigenvalue weighted by Gasteiger charge is 2.37. The third-order valence-corrected chi connectivity index (χ3v) is 15.2. The number of nitrogens with two attached hydrogens (primary N) is 1. The summed E-state index contributed by atoms with van der Waals surface area (Å²) in [6.07, 6.45) is 2.86. The van der Waals surface area contributed by atoms with Gasteiger partial charge in [-0.05, 0) is 85.9 Å². The third kappa shape index (κ3) is 19.5. The zero-order valence-corrected chi connectivity index (χ0v) is 48.3. The Morgan fingerprint density at radius 3 is 1.93 bits per heavy atom. The molecule has 25 heteroatoms. The van der Waals surface area contributed by atoms with Crippen LogP contribution in [0.25, 0.3) is 0 Å². The van der Waals surface area contributed by atoms with E-state index >= 15 is 0 Å². The van der Waals surface area contributed by atoms with Gasteiger partial charge >= 0.3 is 0 Å². The number of halogens is 5. The first kappa shape index (κ1) is 64.0. The maximum Gasteiger partial charge on any atom is 0.272 e. The van der Waals surface area contributed by atoms with Gasteiger partial charge in [-0.3, -0.25) is 24.0 Å². The Morgan fingerprint density at radius 2 is 1.29 bits per heavy atom. The van der Waals surface area contributed by atoms with Crippen LogP contribution in [-0.2, 0) is 60.4 Å². The molecule has 2 fully saturated rings. The van der Waals surface area contributed by atoms with Gasteiger partial charge in [0, 0.05) is 81.3 Å². The lowest BCUT2D eigenvalue weighted by Gasteiger charge is -2.37. The molecule has 448 valence electrons. The fourth-order valence-electron chi connectivity index (χ4n) is 9.31. The molecular weight excluding hydrogens is 1130 g/mol. The molecule has 2 aliphatic heterocycles. The second kappa shape index (κ2) is 33.0. The second-order valence-electron chi connectivity index (χ2n) is 19.7. The van der Waals surface area contributed by atoms with Gasteiger partial charge in [-0.15, -0.1) is 11.3 Å². The summed E-state index contributed by atoms with van der Waals surface area (Å²) in [5.41, 5.74) is 8.55. The Balaban J connectivity index is 0.627. The van der Waals surface area contributed by atoms with Crippen molar-refractivity contribution in [3.63, 3.8) is 0 Å². The Labute approximate surface area is 489 Å². The largest absolute Gasteiger partial charge is 0.454 e. The van der Waals surface area contributed by atoms with Crippen molar-refractivity contribution in [2.75, 3.05) is 135 Å². The van der Waals surface area contributed by atoms with Crippen LogP contribution >= 0.6 is 34.5 Å². The summed E-state index contributed by atoms with van der Waals surface area (Å²) in [6, 6.07) is 13.0. The van der Waals surface area contributed by atoms with Crippen molar-refractivity contribution in [3.05, 3.63) is 103 Å². The molecule has 3 heterocycles. The van der Waals surface area contributed by atoms with Gasteiger partial charge in [0.05, 0.1) is 102 Å². The average molecular weight is 1210 g/mol. The van der Waals surface area contributed by atoms with Gasteiger partial charge in [0.2, 0.25) is 23.6 Å². The number of para-hydroxylation sites is 2. The van der Waals surface area contributed by atoms with Crippen LogP contribution in [0.15, 0.2) is 60.0 Å². The maximum atomic E-state index is 14.1. The highest BCUT2D eigenvalue weighted by atomic mass is 35.5. The Hall–Kier alpha value is -5.60. The molecule has 3 aromatic carbocycles. The first-order valence-electron chi connectivity index (χ1n) is 27.6. The van der Waals surface area contributed by atoms with Crippen LogP contribution in [0.2, 0.25) is 10.0 Å². The van der Waals surface area contributed by atoms with E-state index in [2.05, 4.69) is 21.6 Å². The van der Waals surface area contributed by atoms with Crippen molar-refractivity contribution in [1.82, 2.24) is 20.4 Å². The number of benzene rings is 3. The van der Waals surface area contributed by atoms with E-state index in [1.54, 1.807) is 25.1 Å². The van der Waals surface area contributed by atoms with Crippen LogP contribution in [0, 0.1) is 17.5 Å². The minimum absolute atomic E-state index is 0.135. The standard InChI is InChI=1S/C57H72Cl2F3N7O12S/c1-38-56(73)66(14-4-15-67(38)54(72)34-41(63)31-40-33-46(61)47(62)36-45(40)60)37-53(71)65-13-19-76-21-23-78-25-27-80-29-28-79-26-24-77-22-20-75-18-12-64-52(70)10-7-39-32-44(59)51(35-43(39)58)81-50-11-30-82-55(50)57(74)69-17-16-68(42-8-9-42)48-5-2-3-6-49(48)69/h2-3,5-6,11,30,32-33,35-36,38,41-42H,4,7-10,12-29,31,34,37,63H2,1H3,(H,64,70)(H,65,71)/t38?,41-/m1/s1. The number of hydrogen-bond acceptors (Lipinski definition) is 15. The zero-order chi connectivity index (χ0) is 58.4. The maximum absolute atomic E-state index is 14.1. The number of carbonyl (C=O) groups excluding carboxylic acids is 5. The molecular formula is C57H72Cl2F3N7O12S. The van der Waals surface area contributed by atoms with Crippen LogP contribution in [0.4, 0.5) is 24.5 Å². The lowest BCUT2D eigenvalue weighted by atomic mass is 10.0. The predicted octanol–water partition coefficient (Wildman–Crippen LogP) is 6.57. The number of carbonyl (C=O) groups is 5. The van der Waals surface area contributed by atoms with Crippen molar-refractivity contribution in [2.24, 2.45) is 5.73 Å². The molecule has 0 radical (unpaired) electrons. The Morgan fingerprint density at radius 1 is 0.695 bits per heavy atom. The molecule has 1 aromatic heterocycles. The fraction of sp³-hybridized carbons (Fsp3) is 0.526. The van der Waals surface area contributed by atoms with E-state index in [4.69, 9.17) is 62.1 Å². The molecule has 1 aliphatic carbocycles. The average Bonchev–Trinajstić information content (AvgIpc) is 3.91. The topological polar surface area (TPSA) is 213 Å². The molecule has 19 nitrogen and oxygen atoms in total. The minimum atomic E-state index is -1.32. The fourth-order valence-corrected chi connectivity index (χ4v) is 10.6.